The van der Waals surface area contributed by atoms with Crippen LogP contribution in [-0.4, -0.2) is 147 Å². The highest BCUT2D eigenvalue weighted by atomic mass is 19.4. The quantitative estimate of drug-likeness (QED) is 0.0512. The van der Waals surface area contributed by atoms with Gasteiger partial charge in [-0.1, -0.05) is 6.07 Å². The van der Waals surface area contributed by atoms with Crippen LogP contribution in [0.15, 0.2) is 48.5 Å². The minimum Gasteiger partial charge on any atom is -0.475 e. The summed E-state index contributed by atoms with van der Waals surface area (Å²) >= 11 is 0. The summed E-state index contributed by atoms with van der Waals surface area (Å²) in [5.41, 5.74) is 11.3. The standard InChI is InChI=1S/C38H47N13O4.3C2HF3O2/c1-8-50-30(19-23(3)44-50)35(54)42-37-40-26-21-25(34(39)53)15-16-27(26)48(37)17-10-11-18-49-29-14-12-13-28(47(7)32(52)22-46(5)6)33(29)41-38(49)43-36(55)31-20-24(4)45-51(31)9-2;3*3-2(4,5)1(6)7/h12-16,19-21H,8-11,17-18,22H2,1-7H3,(H2,39,53)(H,40,42,54)(H,41,43,55);3*(H,6,7). The van der Waals surface area contributed by atoms with Crippen LogP contribution in [0, 0.1) is 13.8 Å². The van der Waals surface area contributed by atoms with Crippen molar-refractivity contribution in [2.24, 2.45) is 5.73 Å². The third-order valence-electron chi connectivity index (χ3n) is 10.0. The number of carbonyl (C=O) groups is 7. The van der Waals surface area contributed by atoms with Crippen LogP contribution in [-0.2, 0) is 45.4 Å². The smallest absolute Gasteiger partial charge is 0.475 e. The number of rotatable bonds is 15. The molecule has 414 valence electrons. The normalized spacial score (nSPS) is 11.4. The van der Waals surface area contributed by atoms with E-state index in [-0.39, 0.29) is 24.3 Å². The highest BCUT2D eigenvalue weighted by Gasteiger charge is 2.39. The minimum atomic E-state index is -5.08. The van der Waals surface area contributed by atoms with Crippen molar-refractivity contribution in [3.8, 4) is 0 Å². The number of nitrogens with zero attached hydrogens (tertiary/aromatic N) is 10. The van der Waals surface area contributed by atoms with Crippen LogP contribution in [0.3, 0.4) is 0 Å². The zero-order valence-electron chi connectivity index (χ0n) is 41.2. The van der Waals surface area contributed by atoms with Crippen LogP contribution in [0.25, 0.3) is 22.1 Å². The number of halogens is 9. The number of nitrogens with one attached hydrogen (secondary N) is 2. The summed E-state index contributed by atoms with van der Waals surface area (Å²) in [6, 6.07) is 14.1. The molecule has 0 aliphatic rings. The van der Waals surface area contributed by atoms with Crippen molar-refractivity contribution in [2.75, 3.05) is 43.2 Å². The van der Waals surface area contributed by atoms with Crippen LogP contribution >= 0.6 is 0 Å². The lowest BCUT2D eigenvalue weighted by atomic mass is 10.2. The zero-order valence-corrected chi connectivity index (χ0v) is 41.2. The Morgan fingerprint density at radius 2 is 1.05 bits per heavy atom. The molecular weight excluding hydrogens is 1040 g/mol. The Balaban J connectivity index is 0.000000608. The Morgan fingerprint density at radius 3 is 1.45 bits per heavy atom. The molecular formula is C44H50F9N13O10. The number of amides is 4. The average Bonchev–Trinajstić information content (AvgIpc) is 4.08. The van der Waals surface area contributed by atoms with Gasteiger partial charge in [0.15, 0.2) is 0 Å². The summed E-state index contributed by atoms with van der Waals surface area (Å²) < 4.78 is 102. The van der Waals surface area contributed by atoms with E-state index in [9.17, 15) is 58.7 Å². The SMILES string of the molecule is CCn1nc(C)cc1C(=O)Nc1nc2cc(C(N)=O)ccc2n1CCCCn1c(NC(=O)c2cc(C)nn2CC)nc2c(N(C)C(=O)CN(C)C)cccc21.O=C(O)C(F)(F)F.O=C(O)C(F)(F)F.O=C(O)C(F)(F)F. The Labute approximate surface area is 423 Å². The molecule has 0 spiro atoms. The molecule has 0 saturated carbocycles. The van der Waals surface area contributed by atoms with Gasteiger partial charge < -0.3 is 40.0 Å². The highest BCUT2D eigenvalue weighted by molar-refractivity contribution is 6.06. The largest absolute Gasteiger partial charge is 0.490 e. The van der Waals surface area contributed by atoms with Crippen molar-refractivity contribution in [1.29, 1.82) is 0 Å². The molecule has 0 aliphatic carbocycles. The summed E-state index contributed by atoms with van der Waals surface area (Å²) in [4.78, 5) is 91.9. The van der Waals surface area contributed by atoms with Gasteiger partial charge in [0, 0.05) is 38.8 Å². The lowest BCUT2D eigenvalue weighted by Gasteiger charge is -2.20. The van der Waals surface area contributed by atoms with Crippen molar-refractivity contribution >= 4 is 81.2 Å². The third kappa shape index (κ3) is 16.7. The van der Waals surface area contributed by atoms with Gasteiger partial charge in [-0.2, -0.15) is 49.7 Å². The molecule has 6 aromatic rings. The van der Waals surface area contributed by atoms with Gasteiger partial charge in [-0.25, -0.2) is 24.4 Å². The summed E-state index contributed by atoms with van der Waals surface area (Å²) in [6.45, 7) is 9.68. The number of para-hydroxylation sites is 1. The van der Waals surface area contributed by atoms with Gasteiger partial charge in [-0.3, -0.25) is 39.2 Å². The maximum atomic E-state index is 13.7. The monoisotopic (exact) mass is 1090 g/mol. The van der Waals surface area contributed by atoms with Crippen molar-refractivity contribution < 1.29 is 88.4 Å². The number of aryl methyl sites for hydroxylation is 6. The lowest BCUT2D eigenvalue weighted by Crippen LogP contribution is -2.35. The van der Waals surface area contributed by atoms with E-state index in [4.69, 9.17) is 45.4 Å². The number of imidazole rings is 2. The number of unbranched alkanes of at least 4 members (excludes halogenated alkanes) is 1. The second-order valence-electron chi connectivity index (χ2n) is 16.1. The molecule has 2 aromatic carbocycles. The molecule has 76 heavy (non-hydrogen) atoms. The number of fused-ring (bicyclic) bond motifs is 2. The van der Waals surface area contributed by atoms with Gasteiger partial charge in [-0.15, -0.1) is 0 Å². The maximum absolute atomic E-state index is 13.7. The molecule has 0 aliphatic heterocycles. The first-order valence-corrected chi connectivity index (χ1v) is 21.9. The van der Waals surface area contributed by atoms with E-state index in [0.29, 0.717) is 84.6 Å². The van der Waals surface area contributed by atoms with Crippen molar-refractivity contribution in [2.45, 2.75) is 85.2 Å². The van der Waals surface area contributed by atoms with Gasteiger partial charge in [0.1, 0.15) is 16.9 Å². The fourth-order valence-electron chi connectivity index (χ4n) is 6.65. The number of aliphatic carboxylic acids is 3. The predicted octanol–water partition coefficient (Wildman–Crippen LogP) is 5.94. The van der Waals surface area contributed by atoms with Crippen LogP contribution < -0.4 is 21.3 Å². The molecule has 4 heterocycles. The van der Waals surface area contributed by atoms with Crippen molar-refractivity contribution in [1.82, 2.24) is 43.6 Å². The number of anilines is 3. The molecule has 0 radical (unpaired) electrons. The average molecular weight is 1090 g/mol. The molecule has 0 atom stereocenters. The number of primary amides is 1. The summed E-state index contributed by atoms with van der Waals surface area (Å²) in [5.74, 6) is -9.00. The first-order valence-electron chi connectivity index (χ1n) is 21.9. The number of aromatic nitrogens is 8. The van der Waals surface area contributed by atoms with E-state index in [2.05, 4.69) is 20.8 Å². The van der Waals surface area contributed by atoms with Gasteiger partial charge >= 0.3 is 36.4 Å². The number of alkyl halides is 9. The van der Waals surface area contributed by atoms with Crippen molar-refractivity contribution in [3.05, 3.63) is 76.9 Å². The molecule has 23 nitrogen and oxygen atoms in total. The zero-order chi connectivity index (χ0) is 57.8. The van der Waals surface area contributed by atoms with Gasteiger partial charge in [0.2, 0.25) is 23.7 Å². The second-order valence-corrected chi connectivity index (χ2v) is 16.1. The van der Waals surface area contributed by atoms with E-state index >= 15 is 0 Å². The molecule has 6 rings (SSSR count). The van der Waals surface area contributed by atoms with Crippen LogP contribution in [0.4, 0.5) is 57.1 Å². The number of carbonyl (C=O) groups excluding carboxylic acids is 4. The molecule has 0 unspecified atom stereocenters. The van der Waals surface area contributed by atoms with Crippen LogP contribution in [0.5, 0.6) is 0 Å². The fraction of sp³-hybridized carbons (Fsp3) is 0.386. The number of benzene rings is 2. The molecule has 4 amide bonds. The number of hydrogen-bond acceptors (Lipinski definition) is 12. The third-order valence-corrected chi connectivity index (χ3v) is 10.0. The van der Waals surface area contributed by atoms with Crippen LogP contribution in [0.2, 0.25) is 0 Å². The summed E-state index contributed by atoms with van der Waals surface area (Å²) in [7, 11) is 5.39. The number of carboxylic acid groups (broad SMARTS) is 3. The Hall–Kier alpha value is -8.58. The number of likely N-dealkylation sites (N-methyl/N-ethyl adjacent to an activating group) is 2. The molecule has 32 heteroatoms. The first-order chi connectivity index (χ1) is 35.1. The Morgan fingerprint density at radius 1 is 0.632 bits per heavy atom. The van der Waals surface area contributed by atoms with Gasteiger partial charge in [0.05, 0.1) is 40.2 Å². The number of nitrogens with two attached hydrogens (primary N) is 1. The van der Waals surface area contributed by atoms with Gasteiger partial charge in [0.25, 0.3) is 11.8 Å². The van der Waals surface area contributed by atoms with E-state index < -0.39 is 42.3 Å². The second kappa shape index (κ2) is 25.6. The van der Waals surface area contributed by atoms with E-state index in [0.717, 1.165) is 22.4 Å². The fourth-order valence-corrected chi connectivity index (χ4v) is 6.65. The van der Waals surface area contributed by atoms with Crippen LogP contribution in [0.1, 0.15) is 69.4 Å². The molecule has 4 aromatic heterocycles. The topological polar surface area (TPSA) is 308 Å². The Kier molecular flexibility index (Phi) is 20.8. The van der Waals surface area contributed by atoms with Crippen molar-refractivity contribution in [3.63, 3.8) is 0 Å². The summed E-state index contributed by atoms with van der Waals surface area (Å²) in [6.07, 6.45) is -14.0. The lowest BCUT2D eigenvalue weighted by molar-refractivity contribution is -0.193. The van der Waals surface area contributed by atoms with E-state index in [1.807, 2.05) is 69.1 Å². The Bertz CT molecular complexity index is 3030. The van der Waals surface area contributed by atoms with E-state index in [1.165, 1.54) is 0 Å². The predicted molar refractivity (Wildman–Crippen MR) is 251 cm³/mol. The number of hydrogen-bond donors (Lipinski definition) is 6. The van der Waals surface area contributed by atoms with E-state index in [1.54, 1.807) is 56.5 Å². The molecule has 7 N–H and O–H groups in total. The maximum Gasteiger partial charge on any atom is 0.490 e. The highest BCUT2D eigenvalue weighted by Crippen LogP contribution is 2.30. The number of carboxylic acids is 3. The minimum absolute atomic E-state index is 0.104. The molecule has 0 bridgehead atoms. The summed E-state index contributed by atoms with van der Waals surface area (Å²) in [5, 5.41) is 36.2. The molecule has 0 saturated heterocycles. The van der Waals surface area contributed by atoms with Gasteiger partial charge in [-0.05, 0) is 97.1 Å². The first kappa shape index (κ1) is 61.7. The molecule has 0 fully saturated rings.